The van der Waals surface area contributed by atoms with Gasteiger partial charge in [-0.1, -0.05) is 12.1 Å². The summed E-state index contributed by atoms with van der Waals surface area (Å²) < 4.78 is 21.9. The van der Waals surface area contributed by atoms with Gasteiger partial charge in [0.05, 0.1) is 20.0 Å². The summed E-state index contributed by atoms with van der Waals surface area (Å²) in [5.74, 6) is 0.779. The second-order valence-corrected chi connectivity index (χ2v) is 4.53. The molecule has 1 saturated heterocycles. The highest BCUT2D eigenvalue weighted by atomic mass is 16.7. The van der Waals surface area contributed by atoms with Gasteiger partial charge in [-0.15, -0.1) is 0 Å². The van der Waals surface area contributed by atoms with E-state index in [2.05, 4.69) is 0 Å². The zero-order valence-electron chi connectivity index (χ0n) is 10.6. The molecular weight excluding hydrogens is 248 g/mol. The van der Waals surface area contributed by atoms with Crippen LogP contribution in [0.15, 0.2) is 36.6 Å². The Morgan fingerprint density at radius 1 is 1.26 bits per heavy atom. The summed E-state index contributed by atoms with van der Waals surface area (Å²) in [7, 11) is 1.62. The van der Waals surface area contributed by atoms with Crippen molar-refractivity contribution in [1.29, 1.82) is 0 Å². The van der Waals surface area contributed by atoms with Crippen LogP contribution in [0.2, 0.25) is 0 Å². The Labute approximate surface area is 111 Å². The van der Waals surface area contributed by atoms with Crippen LogP contribution in [0.5, 0.6) is 5.75 Å². The van der Waals surface area contributed by atoms with Crippen LogP contribution in [0.25, 0.3) is 0 Å². The molecule has 3 rings (SSSR count). The summed E-state index contributed by atoms with van der Waals surface area (Å²) >= 11 is 0. The molecule has 2 heterocycles. The quantitative estimate of drug-likeness (QED) is 0.874. The van der Waals surface area contributed by atoms with Crippen LogP contribution < -0.4 is 4.74 Å². The molecule has 4 unspecified atom stereocenters. The van der Waals surface area contributed by atoms with Crippen molar-refractivity contribution in [3.8, 4) is 5.75 Å². The lowest BCUT2D eigenvalue weighted by atomic mass is 10.0. The molecule has 0 amide bonds. The lowest BCUT2D eigenvalue weighted by Gasteiger charge is -2.39. The molecule has 0 aliphatic carbocycles. The van der Waals surface area contributed by atoms with E-state index in [9.17, 15) is 5.11 Å². The number of hydrogen-bond acceptors (Lipinski definition) is 5. The number of benzene rings is 1. The predicted octanol–water partition coefficient (Wildman–Crippen LogP) is 1.38. The van der Waals surface area contributed by atoms with Gasteiger partial charge in [-0.3, -0.25) is 0 Å². The average Bonchev–Trinajstić information content (AvgIpc) is 2.47. The summed E-state index contributed by atoms with van der Waals surface area (Å²) in [5, 5.41) is 9.88. The number of hydrogen-bond donors (Lipinski definition) is 1. The summed E-state index contributed by atoms with van der Waals surface area (Å²) in [6, 6.07) is 7.47. The fraction of sp³-hybridized carbons (Fsp3) is 0.429. The van der Waals surface area contributed by atoms with Crippen LogP contribution in [-0.4, -0.2) is 37.1 Å². The third kappa shape index (κ3) is 2.45. The van der Waals surface area contributed by atoms with Crippen LogP contribution in [0.3, 0.4) is 0 Å². The van der Waals surface area contributed by atoms with Crippen molar-refractivity contribution in [3.05, 3.63) is 42.2 Å². The number of rotatable bonds is 2. The molecule has 1 fully saturated rings. The van der Waals surface area contributed by atoms with Gasteiger partial charge < -0.3 is 24.1 Å². The maximum atomic E-state index is 9.88. The summed E-state index contributed by atoms with van der Waals surface area (Å²) in [4.78, 5) is 0. The van der Waals surface area contributed by atoms with E-state index in [1.807, 2.05) is 24.3 Å². The van der Waals surface area contributed by atoms with Crippen molar-refractivity contribution in [3.63, 3.8) is 0 Å². The Morgan fingerprint density at radius 2 is 2.05 bits per heavy atom. The smallest absolute Gasteiger partial charge is 0.184 e. The third-order valence-corrected chi connectivity index (χ3v) is 3.31. The highest BCUT2D eigenvalue weighted by Crippen LogP contribution is 2.31. The first-order valence-corrected chi connectivity index (χ1v) is 6.19. The number of ether oxygens (including phenoxy) is 4. The van der Waals surface area contributed by atoms with E-state index in [-0.39, 0.29) is 6.10 Å². The topological polar surface area (TPSA) is 57.2 Å². The first-order chi connectivity index (χ1) is 9.28. The van der Waals surface area contributed by atoms with Gasteiger partial charge in [0, 0.05) is 5.56 Å². The van der Waals surface area contributed by atoms with Crippen LogP contribution in [0.1, 0.15) is 11.9 Å². The fourth-order valence-electron chi connectivity index (χ4n) is 2.24. The number of aliphatic hydroxyl groups is 1. The Bertz CT molecular complexity index is 455. The molecule has 2 aliphatic heterocycles. The molecule has 0 radical (unpaired) electrons. The van der Waals surface area contributed by atoms with E-state index in [1.54, 1.807) is 13.2 Å². The van der Waals surface area contributed by atoms with Crippen molar-refractivity contribution in [2.75, 3.05) is 13.7 Å². The third-order valence-electron chi connectivity index (χ3n) is 3.31. The van der Waals surface area contributed by atoms with E-state index in [0.717, 1.165) is 11.3 Å². The highest BCUT2D eigenvalue weighted by Gasteiger charge is 2.39. The van der Waals surface area contributed by atoms with Crippen molar-refractivity contribution in [2.45, 2.75) is 24.6 Å². The number of fused-ring (bicyclic) bond motifs is 1. The van der Waals surface area contributed by atoms with Gasteiger partial charge in [0.25, 0.3) is 0 Å². The van der Waals surface area contributed by atoms with Crippen LogP contribution in [0.4, 0.5) is 0 Å². The molecule has 0 spiro atoms. The molecule has 1 aromatic carbocycles. The molecule has 1 aromatic rings. The number of aliphatic hydroxyl groups excluding tert-OH is 1. The predicted molar refractivity (Wildman–Crippen MR) is 66.6 cm³/mol. The van der Waals surface area contributed by atoms with Gasteiger partial charge in [0.1, 0.15) is 18.0 Å². The van der Waals surface area contributed by atoms with Crippen LogP contribution in [-0.2, 0) is 14.2 Å². The second kappa shape index (κ2) is 5.21. The van der Waals surface area contributed by atoms with Crippen molar-refractivity contribution in [1.82, 2.24) is 0 Å². The Balaban J connectivity index is 1.74. The molecule has 102 valence electrons. The van der Waals surface area contributed by atoms with Crippen molar-refractivity contribution < 1.29 is 24.1 Å². The monoisotopic (exact) mass is 264 g/mol. The minimum atomic E-state index is -0.664. The molecule has 2 aliphatic rings. The lowest BCUT2D eigenvalue weighted by Crippen LogP contribution is -2.49. The maximum Gasteiger partial charge on any atom is 0.184 e. The first kappa shape index (κ1) is 12.5. The van der Waals surface area contributed by atoms with Gasteiger partial charge in [-0.25, -0.2) is 0 Å². The minimum Gasteiger partial charge on any atom is -0.497 e. The van der Waals surface area contributed by atoms with Crippen LogP contribution in [0, 0.1) is 0 Å². The van der Waals surface area contributed by atoms with E-state index in [0.29, 0.717) is 6.61 Å². The molecule has 5 nitrogen and oxygen atoms in total. The van der Waals surface area contributed by atoms with Crippen LogP contribution >= 0.6 is 0 Å². The fourth-order valence-corrected chi connectivity index (χ4v) is 2.24. The summed E-state index contributed by atoms with van der Waals surface area (Å²) in [6.07, 6.45) is 1.27. The highest BCUT2D eigenvalue weighted by molar-refractivity contribution is 5.28. The van der Waals surface area contributed by atoms with Gasteiger partial charge in [0.2, 0.25) is 0 Å². The van der Waals surface area contributed by atoms with Crippen molar-refractivity contribution in [2.24, 2.45) is 0 Å². The minimum absolute atomic E-state index is 0.255. The Kier molecular flexibility index (Phi) is 3.42. The second-order valence-electron chi connectivity index (χ2n) is 4.53. The van der Waals surface area contributed by atoms with E-state index in [4.69, 9.17) is 18.9 Å². The standard InChI is InChI=1S/C14H16O5/c1-16-10-4-2-9(3-5-10)14-18-8-12-13(19-14)11(15)6-7-17-12/h2-7,11-15H,8H2,1H3. The molecule has 0 saturated carbocycles. The van der Waals surface area contributed by atoms with Gasteiger partial charge in [0.15, 0.2) is 12.4 Å². The van der Waals surface area contributed by atoms with Gasteiger partial charge in [-0.2, -0.15) is 0 Å². The maximum absolute atomic E-state index is 9.88. The zero-order valence-corrected chi connectivity index (χ0v) is 10.6. The van der Waals surface area contributed by atoms with Crippen molar-refractivity contribution >= 4 is 0 Å². The molecule has 0 bridgehead atoms. The summed E-state index contributed by atoms with van der Waals surface area (Å²) in [5.41, 5.74) is 0.890. The molecule has 19 heavy (non-hydrogen) atoms. The van der Waals surface area contributed by atoms with Gasteiger partial charge >= 0.3 is 0 Å². The average molecular weight is 264 g/mol. The summed E-state index contributed by atoms with van der Waals surface area (Å²) in [6.45, 7) is 0.392. The molecular formula is C14H16O5. The normalized spacial score (nSPS) is 33.4. The number of methoxy groups -OCH3 is 1. The van der Waals surface area contributed by atoms with E-state index < -0.39 is 18.5 Å². The largest absolute Gasteiger partial charge is 0.497 e. The molecule has 4 atom stereocenters. The Hall–Kier alpha value is -1.56. The van der Waals surface area contributed by atoms with Gasteiger partial charge in [-0.05, 0) is 18.2 Å². The molecule has 1 N–H and O–H groups in total. The van der Waals surface area contributed by atoms with E-state index in [1.165, 1.54) is 6.26 Å². The Morgan fingerprint density at radius 3 is 2.79 bits per heavy atom. The molecule has 0 aromatic heterocycles. The first-order valence-electron chi connectivity index (χ1n) is 6.19. The zero-order chi connectivity index (χ0) is 13.2. The lowest BCUT2D eigenvalue weighted by molar-refractivity contribution is -0.276. The van der Waals surface area contributed by atoms with E-state index >= 15 is 0 Å². The SMILES string of the molecule is COc1ccc(C2OCC3OC=CC(O)C3O2)cc1. The molecule has 5 heteroatoms.